The number of hydrogen-bond donors (Lipinski definition) is 2. The highest BCUT2D eigenvalue weighted by atomic mass is 16.4. The standard InChI is InChI=1S/C62H108N2O4/c1-5-9-13-17-21-35-47-61(59(65)66,45-33-15-11-7-3)49-37-23-19-25-39-51-63(55-57-41-29-27-30-42-57)53-54-64(56-58-43-31-28-32-44-58)52-40-26-20-24-38-50-62(60(67)68,46-34-16-12-8-4)48-36-22-18-14-10-6-2/h27-32,41-44H,5-26,33-40,45-56H2,1-4H3,(H,65,66)(H,67,68). The van der Waals surface area contributed by atoms with Gasteiger partial charge in [0.2, 0.25) is 0 Å². The summed E-state index contributed by atoms with van der Waals surface area (Å²) in [5.41, 5.74) is 1.67. The third-order valence-corrected chi connectivity index (χ3v) is 15.4. The second kappa shape index (κ2) is 41.0. The van der Waals surface area contributed by atoms with Crippen LogP contribution in [0.25, 0.3) is 0 Å². The number of benzene rings is 2. The molecule has 2 unspecified atom stereocenters. The predicted octanol–water partition coefficient (Wildman–Crippen LogP) is 18.3. The average Bonchev–Trinajstić information content (AvgIpc) is 3.34. The van der Waals surface area contributed by atoms with Gasteiger partial charge in [-0.3, -0.25) is 19.4 Å². The van der Waals surface area contributed by atoms with Crippen LogP contribution in [0.15, 0.2) is 60.7 Å². The zero-order chi connectivity index (χ0) is 49.2. The molecule has 0 aliphatic rings. The zero-order valence-electron chi connectivity index (χ0n) is 45.1. The summed E-state index contributed by atoms with van der Waals surface area (Å²) < 4.78 is 0. The van der Waals surface area contributed by atoms with Crippen molar-refractivity contribution in [3.8, 4) is 0 Å². The normalized spacial score (nSPS) is 13.6. The third kappa shape index (κ3) is 28.8. The molecule has 0 amide bonds. The summed E-state index contributed by atoms with van der Waals surface area (Å²) in [5, 5.41) is 21.2. The fraction of sp³-hybridized carbons (Fsp3) is 0.774. The van der Waals surface area contributed by atoms with Crippen LogP contribution in [-0.4, -0.2) is 58.1 Å². The highest BCUT2D eigenvalue weighted by Crippen LogP contribution is 2.39. The Morgan fingerprint density at radius 3 is 0.838 bits per heavy atom. The summed E-state index contributed by atoms with van der Waals surface area (Å²) in [6.45, 7) is 15.1. The summed E-state index contributed by atoms with van der Waals surface area (Å²) in [5.74, 6) is -1.08. The third-order valence-electron chi connectivity index (χ3n) is 15.4. The molecule has 0 saturated carbocycles. The maximum absolute atomic E-state index is 12.9. The second-order valence-electron chi connectivity index (χ2n) is 21.4. The molecule has 0 spiro atoms. The lowest BCUT2D eigenvalue weighted by Crippen LogP contribution is -2.35. The molecule has 2 rings (SSSR count). The lowest BCUT2D eigenvalue weighted by Gasteiger charge is -2.30. The largest absolute Gasteiger partial charge is 0.481 e. The highest BCUT2D eigenvalue weighted by Gasteiger charge is 2.37. The van der Waals surface area contributed by atoms with Crippen LogP contribution in [-0.2, 0) is 22.7 Å². The van der Waals surface area contributed by atoms with Crippen LogP contribution >= 0.6 is 0 Å². The topological polar surface area (TPSA) is 81.1 Å². The van der Waals surface area contributed by atoms with E-state index < -0.39 is 22.8 Å². The van der Waals surface area contributed by atoms with Crippen molar-refractivity contribution in [2.45, 2.75) is 272 Å². The Kier molecular flexibility index (Phi) is 37.0. The van der Waals surface area contributed by atoms with Gasteiger partial charge in [0, 0.05) is 26.2 Å². The molecule has 2 aromatic carbocycles. The smallest absolute Gasteiger partial charge is 0.309 e. The summed E-state index contributed by atoms with van der Waals surface area (Å²) in [4.78, 5) is 31.1. The van der Waals surface area contributed by atoms with Crippen LogP contribution in [0, 0.1) is 10.8 Å². The van der Waals surface area contributed by atoms with Crippen LogP contribution in [0.5, 0.6) is 0 Å². The molecule has 0 saturated heterocycles. The summed E-state index contributed by atoms with van der Waals surface area (Å²) in [6, 6.07) is 21.9. The van der Waals surface area contributed by atoms with Gasteiger partial charge in [-0.1, -0.05) is 268 Å². The van der Waals surface area contributed by atoms with E-state index in [-0.39, 0.29) is 0 Å². The minimum atomic E-state index is -0.540. The first kappa shape index (κ1) is 61.4. The molecule has 0 aliphatic carbocycles. The van der Waals surface area contributed by atoms with E-state index in [1.165, 1.54) is 140 Å². The van der Waals surface area contributed by atoms with Gasteiger partial charge in [-0.05, 0) is 75.6 Å². The number of rotatable bonds is 49. The molecule has 0 fully saturated rings. The van der Waals surface area contributed by atoms with E-state index in [9.17, 15) is 19.8 Å². The fourth-order valence-electron chi connectivity index (χ4n) is 10.8. The number of unbranched alkanes of at least 4 members (excludes halogenated alkanes) is 24. The molecule has 2 N–H and O–H groups in total. The molecule has 390 valence electrons. The quantitative estimate of drug-likeness (QED) is 0.0643. The monoisotopic (exact) mass is 945 g/mol. The van der Waals surface area contributed by atoms with Crippen molar-refractivity contribution >= 4 is 11.9 Å². The molecule has 0 aliphatic heterocycles. The fourth-order valence-corrected chi connectivity index (χ4v) is 10.8. The van der Waals surface area contributed by atoms with Crippen molar-refractivity contribution < 1.29 is 19.8 Å². The number of carboxylic acid groups (broad SMARTS) is 2. The van der Waals surface area contributed by atoms with E-state index in [1.807, 2.05) is 0 Å². The van der Waals surface area contributed by atoms with Crippen molar-refractivity contribution in [3.63, 3.8) is 0 Å². The molecule has 6 nitrogen and oxygen atoms in total. The molecule has 0 heterocycles. The number of nitrogens with zero attached hydrogens (tertiary/aromatic N) is 2. The Morgan fingerprint density at radius 2 is 0.574 bits per heavy atom. The Bertz CT molecular complexity index is 1340. The van der Waals surface area contributed by atoms with Crippen molar-refractivity contribution in [1.82, 2.24) is 9.80 Å². The molecule has 6 heteroatoms. The van der Waals surface area contributed by atoms with Gasteiger partial charge in [0.25, 0.3) is 0 Å². The van der Waals surface area contributed by atoms with Crippen molar-refractivity contribution in [3.05, 3.63) is 71.8 Å². The first-order valence-corrected chi connectivity index (χ1v) is 29.2. The number of aliphatic carboxylic acids is 2. The Labute approximate surface area is 420 Å². The zero-order valence-corrected chi connectivity index (χ0v) is 45.1. The first-order chi connectivity index (χ1) is 33.2. The van der Waals surface area contributed by atoms with Gasteiger partial charge in [0.1, 0.15) is 0 Å². The molecular formula is C62H108N2O4. The number of hydrogen-bond acceptors (Lipinski definition) is 4. The van der Waals surface area contributed by atoms with E-state index in [2.05, 4.69) is 98.2 Å². The van der Waals surface area contributed by atoms with E-state index in [4.69, 9.17) is 0 Å². The Morgan fingerprint density at radius 1 is 0.338 bits per heavy atom. The minimum Gasteiger partial charge on any atom is -0.481 e. The van der Waals surface area contributed by atoms with Crippen LogP contribution < -0.4 is 0 Å². The lowest BCUT2D eigenvalue weighted by atomic mass is 9.74. The Balaban J connectivity index is 1.94. The molecule has 0 aromatic heterocycles. The molecular weight excluding hydrogens is 837 g/mol. The van der Waals surface area contributed by atoms with Crippen LogP contribution in [0.2, 0.25) is 0 Å². The molecule has 0 bridgehead atoms. The second-order valence-corrected chi connectivity index (χ2v) is 21.4. The van der Waals surface area contributed by atoms with Crippen molar-refractivity contribution in [2.75, 3.05) is 26.2 Å². The molecule has 2 aromatic rings. The van der Waals surface area contributed by atoms with Gasteiger partial charge in [0.15, 0.2) is 0 Å². The van der Waals surface area contributed by atoms with E-state index in [0.29, 0.717) is 0 Å². The lowest BCUT2D eigenvalue weighted by molar-refractivity contribution is -0.151. The summed E-state index contributed by atoms with van der Waals surface area (Å²) >= 11 is 0. The van der Waals surface area contributed by atoms with Gasteiger partial charge < -0.3 is 10.2 Å². The van der Waals surface area contributed by atoms with E-state index in [0.717, 1.165) is 142 Å². The molecule has 68 heavy (non-hydrogen) atoms. The summed E-state index contributed by atoms with van der Waals surface area (Å²) in [7, 11) is 0. The van der Waals surface area contributed by atoms with Crippen molar-refractivity contribution in [1.29, 1.82) is 0 Å². The minimum absolute atomic E-state index is 0.536. The van der Waals surface area contributed by atoms with E-state index in [1.54, 1.807) is 0 Å². The van der Waals surface area contributed by atoms with Crippen molar-refractivity contribution in [2.24, 2.45) is 10.8 Å². The Hall–Kier alpha value is -2.70. The molecule has 0 radical (unpaired) electrons. The highest BCUT2D eigenvalue weighted by molar-refractivity contribution is 5.75. The van der Waals surface area contributed by atoms with Gasteiger partial charge in [-0.15, -0.1) is 0 Å². The summed E-state index contributed by atoms with van der Waals surface area (Å²) in [6.07, 6.45) is 40.2. The average molecular weight is 946 g/mol. The van der Waals surface area contributed by atoms with Crippen LogP contribution in [0.3, 0.4) is 0 Å². The first-order valence-electron chi connectivity index (χ1n) is 29.2. The molecule has 2 atom stereocenters. The predicted molar refractivity (Wildman–Crippen MR) is 292 cm³/mol. The number of carbonyl (C=O) groups is 2. The maximum Gasteiger partial charge on any atom is 0.309 e. The SMILES string of the molecule is CCCCCCCCC(CCCCCC)(CCCCCCCN(CCN(CCCCCCCC(CCCCCC)(CCCCCCCC)C(=O)O)Cc1ccccc1)Cc1ccccc1)C(=O)O. The van der Waals surface area contributed by atoms with Gasteiger partial charge in [-0.2, -0.15) is 0 Å². The van der Waals surface area contributed by atoms with Crippen LogP contribution in [0.1, 0.15) is 270 Å². The van der Waals surface area contributed by atoms with Gasteiger partial charge in [-0.25, -0.2) is 0 Å². The van der Waals surface area contributed by atoms with E-state index >= 15 is 0 Å². The van der Waals surface area contributed by atoms with Crippen LogP contribution in [0.4, 0.5) is 0 Å². The number of carboxylic acids is 2. The van der Waals surface area contributed by atoms with Gasteiger partial charge >= 0.3 is 11.9 Å². The maximum atomic E-state index is 12.9. The van der Waals surface area contributed by atoms with Gasteiger partial charge in [0.05, 0.1) is 10.8 Å².